The molecule has 22 aromatic rings. The molecule has 7 aromatic heterocycles. The summed E-state index contributed by atoms with van der Waals surface area (Å²) < 4.78 is 26.0. The molecule has 0 spiro atoms. The molecule has 0 amide bonds. The molecule has 0 aliphatic heterocycles. The number of hydrogen-bond acceptors (Lipinski definition) is 5. The standard InChI is InChI=1S/C94H55N5O3/c1-7-28-81-68(22-1)74-49-56(59-37-43-90-77(52-59)71-25-4-10-31-87(71)100-90)34-40-84(74)97(81)65-19-13-16-62(46-65)80-55-95-96-94(64-18-15-21-67(48-64)99-83-30-9-3-24-70(83)76-51-58(36-42-86(76)99)61-39-45-92-79(54-61)73-27-6-12-33-89(73)102-92)93(80)63-17-14-20-66(47-63)98-82-29-8-2-23-69(82)75-50-57(35-41-85(75)98)60-38-44-91-78(53-60)72-26-5-11-32-88(72)101-91/h1-55H. The Kier molecular flexibility index (Phi) is 12.0. The Morgan fingerprint density at radius 3 is 0.922 bits per heavy atom. The van der Waals surface area contributed by atoms with Crippen LogP contribution in [0.4, 0.5) is 0 Å². The maximum absolute atomic E-state index is 6.27. The highest BCUT2D eigenvalue weighted by molar-refractivity contribution is 6.15. The quantitative estimate of drug-likeness (QED) is 0.144. The van der Waals surface area contributed by atoms with Crippen molar-refractivity contribution in [1.29, 1.82) is 0 Å². The normalized spacial score (nSPS) is 12.1. The summed E-state index contributed by atoms with van der Waals surface area (Å²) in [5.74, 6) is 0. The molecule has 0 fully saturated rings. The van der Waals surface area contributed by atoms with Crippen LogP contribution in [0.25, 0.3) is 215 Å². The van der Waals surface area contributed by atoms with Gasteiger partial charge < -0.3 is 27.0 Å². The topological polar surface area (TPSA) is 80.0 Å². The second-order valence-corrected chi connectivity index (χ2v) is 26.8. The van der Waals surface area contributed by atoms with Crippen molar-refractivity contribution in [3.05, 3.63) is 334 Å². The van der Waals surface area contributed by atoms with Gasteiger partial charge in [-0.15, -0.1) is 5.10 Å². The first-order chi connectivity index (χ1) is 50.5. The van der Waals surface area contributed by atoms with E-state index in [1.54, 1.807) is 0 Å². The van der Waals surface area contributed by atoms with E-state index in [4.69, 9.17) is 23.4 Å². The molecular formula is C94H55N5O3. The predicted octanol–water partition coefficient (Wildman–Crippen LogP) is 25.5. The molecule has 0 unspecified atom stereocenters. The van der Waals surface area contributed by atoms with Gasteiger partial charge in [0.15, 0.2) is 0 Å². The number of benzene rings is 15. The molecule has 15 aromatic carbocycles. The maximum atomic E-state index is 6.27. The molecule has 0 radical (unpaired) electrons. The molecular weight excluding hydrogens is 1250 g/mol. The Hall–Kier alpha value is -13.8. The number of furan rings is 3. The van der Waals surface area contributed by atoms with E-state index in [0.717, 1.165) is 183 Å². The number of hydrogen-bond donors (Lipinski definition) is 0. The number of rotatable bonds is 9. The highest BCUT2D eigenvalue weighted by Gasteiger charge is 2.24. The molecule has 0 aliphatic carbocycles. The van der Waals surface area contributed by atoms with Crippen molar-refractivity contribution < 1.29 is 13.3 Å². The number of fused-ring (bicyclic) bond motifs is 18. The summed E-state index contributed by atoms with van der Waals surface area (Å²) >= 11 is 0. The number of aromatic nitrogens is 5. The van der Waals surface area contributed by atoms with Crippen LogP contribution in [0.5, 0.6) is 0 Å². The highest BCUT2D eigenvalue weighted by atomic mass is 16.3. The van der Waals surface area contributed by atoms with Crippen molar-refractivity contribution in [3.8, 4) is 84.0 Å². The van der Waals surface area contributed by atoms with E-state index in [9.17, 15) is 0 Å². The van der Waals surface area contributed by atoms with Crippen LogP contribution >= 0.6 is 0 Å². The average Bonchev–Trinajstić information content (AvgIpc) is 1.53. The van der Waals surface area contributed by atoms with Gasteiger partial charge in [0.1, 0.15) is 39.2 Å². The molecule has 7 heterocycles. The van der Waals surface area contributed by atoms with E-state index in [1.807, 2.05) is 42.6 Å². The predicted molar refractivity (Wildman–Crippen MR) is 419 cm³/mol. The van der Waals surface area contributed by atoms with Crippen molar-refractivity contribution in [2.24, 2.45) is 0 Å². The SMILES string of the molecule is c1cc(-c2cnnc(-c3cccc(-n4c5ccccc5c5cc(-c6ccc7oc8ccccc8c7c6)ccc54)c3)c2-c2cccc(-n3c4ccccc4c4cc(-c5ccc6oc7ccccc7c6c5)ccc43)c2)cc(-n2c3ccccc3c3cc(-c4ccc5oc6ccccc6c5c4)ccc32)c1. The first-order valence-electron chi connectivity index (χ1n) is 34.6. The van der Waals surface area contributed by atoms with Gasteiger partial charge in [0.05, 0.1) is 39.3 Å². The Balaban J connectivity index is 0.708. The largest absolute Gasteiger partial charge is 0.456 e. The van der Waals surface area contributed by atoms with E-state index in [2.05, 4.69) is 305 Å². The number of para-hydroxylation sites is 6. The second-order valence-electron chi connectivity index (χ2n) is 26.8. The van der Waals surface area contributed by atoms with Crippen molar-refractivity contribution in [2.75, 3.05) is 0 Å². The molecule has 0 atom stereocenters. The fraction of sp³-hybridized carbons (Fsp3) is 0. The Bertz CT molecular complexity index is 7000. The van der Waals surface area contributed by atoms with Crippen LogP contribution in [0.15, 0.2) is 347 Å². The fourth-order valence-corrected chi connectivity index (χ4v) is 16.5. The van der Waals surface area contributed by atoms with Crippen LogP contribution in [0.3, 0.4) is 0 Å². The molecule has 8 nitrogen and oxygen atoms in total. The third kappa shape index (κ3) is 8.57. The second kappa shape index (κ2) is 21.8. The summed E-state index contributed by atoms with van der Waals surface area (Å²) in [4.78, 5) is 0. The van der Waals surface area contributed by atoms with Crippen molar-refractivity contribution in [2.45, 2.75) is 0 Å². The smallest absolute Gasteiger partial charge is 0.135 e. The lowest BCUT2D eigenvalue weighted by Crippen LogP contribution is -2.00. The monoisotopic (exact) mass is 1300 g/mol. The van der Waals surface area contributed by atoms with Gasteiger partial charge in [-0.1, -0.05) is 182 Å². The summed E-state index contributed by atoms with van der Waals surface area (Å²) in [6.45, 7) is 0. The summed E-state index contributed by atoms with van der Waals surface area (Å²) in [5, 5.41) is 23.9. The van der Waals surface area contributed by atoms with E-state index in [1.165, 1.54) is 32.3 Å². The minimum atomic E-state index is 0.766. The van der Waals surface area contributed by atoms with Gasteiger partial charge in [0.25, 0.3) is 0 Å². The Morgan fingerprint density at radius 1 is 0.206 bits per heavy atom. The van der Waals surface area contributed by atoms with Crippen molar-refractivity contribution >= 4 is 131 Å². The van der Waals surface area contributed by atoms with Crippen LogP contribution in [0.1, 0.15) is 0 Å². The minimum Gasteiger partial charge on any atom is -0.456 e. The van der Waals surface area contributed by atoms with Crippen molar-refractivity contribution in [1.82, 2.24) is 23.9 Å². The molecule has 0 saturated heterocycles. The van der Waals surface area contributed by atoms with Crippen LogP contribution in [-0.4, -0.2) is 23.9 Å². The van der Waals surface area contributed by atoms with Gasteiger partial charge in [-0.3, -0.25) is 0 Å². The van der Waals surface area contributed by atoms with Gasteiger partial charge in [0.2, 0.25) is 0 Å². The molecule has 474 valence electrons. The lowest BCUT2D eigenvalue weighted by atomic mass is 9.91. The zero-order chi connectivity index (χ0) is 66.7. The van der Waals surface area contributed by atoms with E-state index >= 15 is 0 Å². The number of nitrogens with zero attached hydrogens (tertiary/aromatic N) is 5. The Morgan fingerprint density at radius 2 is 0.510 bits per heavy atom. The van der Waals surface area contributed by atoms with E-state index in [0.29, 0.717) is 0 Å². The fourth-order valence-electron chi connectivity index (χ4n) is 16.5. The van der Waals surface area contributed by atoms with Gasteiger partial charge >= 0.3 is 0 Å². The lowest BCUT2D eigenvalue weighted by molar-refractivity contribution is 0.668. The third-order valence-electron chi connectivity index (χ3n) is 21.2. The van der Waals surface area contributed by atoms with Crippen LogP contribution in [-0.2, 0) is 0 Å². The minimum absolute atomic E-state index is 0.766. The molecule has 0 N–H and O–H groups in total. The van der Waals surface area contributed by atoms with Crippen LogP contribution in [0, 0.1) is 0 Å². The summed E-state index contributed by atoms with van der Waals surface area (Å²) in [7, 11) is 0. The molecule has 0 bridgehead atoms. The van der Waals surface area contributed by atoms with Gasteiger partial charge in [-0.25, -0.2) is 0 Å². The average molecular weight is 1300 g/mol. The first-order valence-corrected chi connectivity index (χ1v) is 34.6. The van der Waals surface area contributed by atoms with E-state index in [-0.39, 0.29) is 0 Å². The van der Waals surface area contributed by atoms with Gasteiger partial charge in [-0.2, -0.15) is 5.10 Å². The zero-order valence-corrected chi connectivity index (χ0v) is 54.7. The summed E-state index contributed by atoms with van der Waals surface area (Å²) in [6, 6.07) is 118. The van der Waals surface area contributed by atoms with Crippen LogP contribution < -0.4 is 0 Å². The maximum Gasteiger partial charge on any atom is 0.135 e. The summed E-state index contributed by atoms with van der Waals surface area (Å²) in [6.07, 6.45) is 1.95. The summed E-state index contributed by atoms with van der Waals surface area (Å²) in [5.41, 5.74) is 27.5. The molecule has 102 heavy (non-hydrogen) atoms. The van der Waals surface area contributed by atoms with E-state index < -0.39 is 0 Å². The molecule has 8 heteroatoms. The lowest BCUT2D eigenvalue weighted by Gasteiger charge is -2.18. The zero-order valence-electron chi connectivity index (χ0n) is 54.7. The Labute approximate surface area is 582 Å². The van der Waals surface area contributed by atoms with Gasteiger partial charge in [0, 0.05) is 98.4 Å². The highest BCUT2D eigenvalue weighted by Crippen LogP contribution is 2.46. The third-order valence-corrected chi connectivity index (χ3v) is 21.2. The molecule has 0 saturated carbocycles. The first kappa shape index (κ1) is 56.2. The van der Waals surface area contributed by atoms with Crippen molar-refractivity contribution in [3.63, 3.8) is 0 Å². The van der Waals surface area contributed by atoms with Crippen LogP contribution in [0.2, 0.25) is 0 Å². The molecule has 0 aliphatic rings. The molecule has 22 rings (SSSR count). The van der Waals surface area contributed by atoms with Gasteiger partial charge in [-0.05, 0) is 190 Å².